The Morgan fingerprint density at radius 3 is 2.70 bits per heavy atom. The lowest BCUT2D eigenvalue weighted by molar-refractivity contribution is 0.0599. The molecule has 1 aromatic carbocycles. The quantitative estimate of drug-likeness (QED) is 0.833. The lowest BCUT2D eigenvalue weighted by Gasteiger charge is -2.34. The summed E-state index contributed by atoms with van der Waals surface area (Å²) in [6.45, 7) is 6.61. The summed E-state index contributed by atoms with van der Waals surface area (Å²) in [7, 11) is 1.44. The minimum atomic E-state index is -0.257. The fourth-order valence-corrected chi connectivity index (χ4v) is 3.76. The number of esters is 1. The Bertz CT molecular complexity index is 702. The summed E-state index contributed by atoms with van der Waals surface area (Å²) in [5, 5.41) is 8.71. The molecule has 1 aliphatic carbocycles. The first-order chi connectivity index (χ1) is 11.2. The average molecular weight is 315 g/mol. The van der Waals surface area contributed by atoms with Gasteiger partial charge in [0.05, 0.1) is 18.2 Å². The van der Waals surface area contributed by atoms with Gasteiger partial charge in [-0.05, 0) is 50.0 Å². The normalized spacial score (nSPS) is 17.0. The van der Waals surface area contributed by atoms with Crippen LogP contribution in [-0.2, 0) is 17.6 Å². The second kappa shape index (κ2) is 6.71. The molecule has 0 fully saturated rings. The lowest BCUT2D eigenvalue weighted by Crippen LogP contribution is -2.41. The molecule has 1 heterocycles. The van der Waals surface area contributed by atoms with Gasteiger partial charge in [0.2, 0.25) is 0 Å². The fourth-order valence-electron chi connectivity index (χ4n) is 3.76. The SMILES string of the molecule is CCCN(CCC)C1Cc2[nH]nc3ccc(C(=O)OC)c(c23)C1. The topological polar surface area (TPSA) is 58.2 Å². The van der Waals surface area contributed by atoms with Crippen LogP contribution >= 0.6 is 0 Å². The highest BCUT2D eigenvalue weighted by Crippen LogP contribution is 2.32. The molecule has 1 aliphatic rings. The molecule has 0 spiro atoms. The molecule has 1 N–H and O–H groups in total. The monoisotopic (exact) mass is 315 g/mol. The van der Waals surface area contributed by atoms with Crippen molar-refractivity contribution in [1.29, 1.82) is 0 Å². The van der Waals surface area contributed by atoms with E-state index in [2.05, 4.69) is 28.9 Å². The summed E-state index contributed by atoms with van der Waals surface area (Å²) in [5.74, 6) is -0.257. The van der Waals surface area contributed by atoms with Gasteiger partial charge in [0.25, 0.3) is 0 Å². The molecule has 0 saturated carbocycles. The van der Waals surface area contributed by atoms with Crippen LogP contribution < -0.4 is 0 Å². The van der Waals surface area contributed by atoms with Crippen molar-refractivity contribution in [3.63, 3.8) is 0 Å². The summed E-state index contributed by atoms with van der Waals surface area (Å²) in [6, 6.07) is 4.17. The lowest BCUT2D eigenvalue weighted by atomic mass is 9.86. The molecule has 0 radical (unpaired) electrons. The molecule has 1 atom stereocenters. The van der Waals surface area contributed by atoms with E-state index < -0.39 is 0 Å². The maximum absolute atomic E-state index is 12.2. The average Bonchev–Trinajstić information content (AvgIpc) is 2.98. The van der Waals surface area contributed by atoms with Crippen LogP contribution in [0.5, 0.6) is 0 Å². The van der Waals surface area contributed by atoms with Gasteiger partial charge in [0, 0.05) is 23.5 Å². The maximum atomic E-state index is 12.2. The van der Waals surface area contributed by atoms with Crippen molar-refractivity contribution in [2.45, 2.75) is 45.6 Å². The van der Waals surface area contributed by atoms with Gasteiger partial charge >= 0.3 is 5.97 Å². The zero-order valence-corrected chi connectivity index (χ0v) is 14.2. The van der Waals surface area contributed by atoms with E-state index in [-0.39, 0.29) is 5.97 Å². The molecular weight excluding hydrogens is 290 g/mol. The van der Waals surface area contributed by atoms with Crippen molar-refractivity contribution >= 4 is 16.9 Å². The van der Waals surface area contributed by atoms with Gasteiger partial charge in [-0.3, -0.25) is 10.00 Å². The van der Waals surface area contributed by atoms with Gasteiger partial charge in [-0.25, -0.2) is 4.79 Å². The van der Waals surface area contributed by atoms with E-state index in [1.165, 1.54) is 7.11 Å². The molecule has 0 saturated heterocycles. The van der Waals surface area contributed by atoms with E-state index in [0.717, 1.165) is 60.9 Å². The van der Waals surface area contributed by atoms with Crippen LogP contribution in [0, 0.1) is 0 Å². The van der Waals surface area contributed by atoms with Gasteiger partial charge in [-0.1, -0.05) is 13.8 Å². The number of ether oxygens (including phenoxy) is 1. The van der Waals surface area contributed by atoms with Crippen LogP contribution in [0.1, 0.15) is 48.3 Å². The molecule has 0 bridgehead atoms. The summed E-state index contributed by atoms with van der Waals surface area (Å²) in [4.78, 5) is 14.7. The van der Waals surface area contributed by atoms with E-state index in [1.54, 1.807) is 0 Å². The zero-order valence-electron chi connectivity index (χ0n) is 14.2. The number of aromatic amines is 1. The highest BCUT2D eigenvalue weighted by Gasteiger charge is 2.30. The summed E-state index contributed by atoms with van der Waals surface area (Å²) in [5.41, 5.74) is 3.86. The number of methoxy groups -OCH3 is 1. The van der Waals surface area contributed by atoms with Gasteiger partial charge in [0.1, 0.15) is 0 Å². The van der Waals surface area contributed by atoms with Crippen molar-refractivity contribution in [3.8, 4) is 0 Å². The molecule has 0 amide bonds. The largest absolute Gasteiger partial charge is 0.465 e. The van der Waals surface area contributed by atoms with Crippen LogP contribution in [0.15, 0.2) is 12.1 Å². The number of aromatic nitrogens is 2. The molecular formula is C18H25N3O2. The van der Waals surface area contributed by atoms with Crippen LogP contribution in [0.25, 0.3) is 10.9 Å². The zero-order chi connectivity index (χ0) is 16.4. The number of hydrogen-bond acceptors (Lipinski definition) is 4. The molecule has 23 heavy (non-hydrogen) atoms. The van der Waals surface area contributed by atoms with Crippen LogP contribution in [-0.4, -0.2) is 47.3 Å². The molecule has 5 nitrogen and oxygen atoms in total. The minimum Gasteiger partial charge on any atom is -0.465 e. The van der Waals surface area contributed by atoms with Gasteiger partial charge in [-0.15, -0.1) is 0 Å². The van der Waals surface area contributed by atoms with E-state index in [9.17, 15) is 4.79 Å². The van der Waals surface area contributed by atoms with Crippen LogP contribution in [0.3, 0.4) is 0 Å². The summed E-state index contributed by atoms with van der Waals surface area (Å²) < 4.78 is 4.98. The maximum Gasteiger partial charge on any atom is 0.338 e. The highest BCUT2D eigenvalue weighted by molar-refractivity contribution is 5.99. The number of H-pyrrole nitrogens is 1. The third-order valence-electron chi connectivity index (χ3n) is 4.73. The van der Waals surface area contributed by atoms with Gasteiger partial charge in [0.15, 0.2) is 0 Å². The first-order valence-corrected chi connectivity index (χ1v) is 8.50. The molecule has 124 valence electrons. The Kier molecular flexibility index (Phi) is 4.66. The second-order valence-electron chi connectivity index (χ2n) is 6.28. The Hall–Kier alpha value is -1.88. The molecule has 0 aliphatic heterocycles. The Balaban J connectivity index is 2.02. The smallest absolute Gasteiger partial charge is 0.338 e. The van der Waals surface area contributed by atoms with Crippen molar-refractivity contribution in [3.05, 3.63) is 29.0 Å². The second-order valence-corrected chi connectivity index (χ2v) is 6.28. The minimum absolute atomic E-state index is 0.257. The highest BCUT2D eigenvalue weighted by atomic mass is 16.5. The van der Waals surface area contributed by atoms with E-state index in [4.69, 9.17) is 4.74 Å². The van der Waals surface area contributed by atoms with E-state index >= 15 is 0 Å². The molecule has 1 unspecified atom stereocenters. The van der Waals surface area contributed by atoms with Crippen molar-refractivity contribution in [2.75, 3.05) is 20.2 Å². The van der Waals surface area contributed by atoms with E-state index in [0.29, 0.717) is 11.6 Å². The van der Waals surface area contributed by atoms with Crippen molar-refractivity contribution in [2.24, 2.45) is 0 Å². The van der Waals surface area contributed by atoms with Crippen molar-refractivity contribution < 1.29 is 9.53 Å². The third-order valence-corrected chi connectivity index (χ3v) is 4.73. The summed E-state index contributed by atoms with van der Waals surface area (Å²) >= 11 is 0. The summed E-state index contributed by atoms with van der Waals surface area (Å²) in [6.07, 6.45) is 4.13. The first kappa shape index (κ1) is 16.0. The number of carbonyl (C=O) groups is 1. The van der Waals surface area contributed by atoms with E-state index in [1.807, 2.05) is 12.1 Å². The predicted molar refractivity (Wildman–Crippen MR) is 90.8 cm³/mol. The van der Waals surface area contributed by atoms with Gasteiger partial charge < -0.3 is 4.74 Å². The number of hydrogen-bond donors (Lipinski definition) is 1. The standard InChI is InChI=1S/C18H25N3O2/c1-4-8-21(9-5-2)12-10-14-13(18(22)23-3)6-7-15-17(14)16(11-12)20-19-15/h6-7,12H,4-5,8-11H2,1-3H3,(H,19,20). The molecule has 1 aromatic heterocycles. The first-order valence-electron chi connectivity index (χ1n) is 8.50. The van der Waals surface area contributed by atoms with Crippen LogP contribution in [0.2, 0.25) is 0 Å². The Labute approximate surface area is 137 Å². The number of benzene rings is 1. The number of rotatable bonds is 6. The fraction of sp³-hybridized carbons (Fsp3) is 0.556. The predicted octanol–water partition coefficient (Wildman–Crippen LogP) is 2.94. The van der Waals surface area contributed by atoms with Crippen molar-refractivity contribution in [1.82, 2.24) is 15.1 Å². The van der Waals surface area contributed by atoms with Gasteiger partial charge in [-0.2, -0.15) is 5.10 Å². The Morgan fingerprint density at radius 1 is 1.30 bits per heavy atom. The number of nitrogens with one attached hydrogen (secondary N) is 1. The number of carbonyl (C=O) groups excluding carboxylic acids is 1. The molecule has 3 rings (SSSR count). The molecule has 5 heteroatoms. The van der Waals surface area contributed by atoms with Crippen LogP contribution in [0.4, 0.5) is 0 Å². The molecule has 2 aromatic rings. The third kappa shape index (κ3) is 2.85. The Morgan fingerprint density at radius 2 is 2.04 bits per heavy atom. The number of nitrogens with zero attached hydrogens (tertiary/aromatic N) is 2.